The highest BCUT2D eigenvalue weighted by atomic mass is 14.8. The summed E-state index contributed by atoms with van der Waals surface area (Å²) in [6.07, 6.45) is 2.83. The van der Waals surface area contributed by atoms with Crippen LogP contribution in [0, 0.1) is 0 Å². The normalized spacial score (nSPS) is 10.8. The van der Waals surface area contributed by atoms with Gasteiger partial charge < -0.3 is 0 Å². The average molecular weight is 413 g/mol. The minimum absolute atomic E-state index is 0.876. The van der Waals surface area contributed by atoms with E-state index >= 15 is 0 Å². The van der Waals surface area contributed by atoms with Gasteiger partial charge in [-0.15, -0.1) is 0 Å². The maximum Gasteiger partial charge on any atom is 0.0899 e. The molecule has 0 amide bonds. The zero-order valence-corrected chi connectivity index (χ0v) is 18.1. The molecule has 2 heteroatoms. The molecule has 32 heavy (non-hydrogen) atoms. The molecule has 0 radical (unpaired) electrons. The summed E-state index contributed by atoms with van der Waals surface area (Å²) in [6.45, 7) is 2.19. The van der Waals surface area contributed by atoms with Crippen molar-refractivity contribution in [1.29, 1.82) is 0 Å². The Labute approximate surface area is 189 Å². The van der Waals surface area contributed by atoms with Gasteiger partial charge in [-0.2, -0.15) is 0 Å². The number of rotatable bonds is 5. The Morgan fingerprint density at radius 3 is 1.97 bits per heavy atom. The van der Waals surface area contributed by atoms with E-state index in [2.05, 4.69) is 96.8 Å². The molecule has 5 rings (SSSR count). The summed E-state index contributed by atoms with van der Waals surface area (Å²) in [4.78, 5) is 9.57. The predicted molar refractivity (Wildman–Crippen MR) is 133 cm³/mol. The second-order valence-corrected chi connectivity index (χ2v) is 7.84. The third kappa shape index (κ3) is 4.21. The van der Waals surface area contributed by atoms with Gasteiger partial charge in [0.05, 0.1) is 17.1 Å². The van der Waals surface area contributed by atoms with E-state index in [0.717, 1.165) is 34.6 Å². The van der Waals surface area contributed by atoms with Gasteiger partial charge in [-0.05, 0) is 64.6 Å². The number of benzene rings is 3. The lowest BCUT2D eigenvalue weighted by molar-refractivity contribution is 1.14. The molecule has 0 aliphatic carbocycles. The molecule has 0 N–H and O–H groups in total. The van der Waals surface area contributed by atoms with Gasteiger partial charge in [-0.3, -0.25) is 4.98 Å². The van der Waals surface area contributed by atoms with Crippen molar-refractivity contribution in [2.75, 3.05) is 0 Å². The van der Waals surface area contributed by atoms with Crippen LogP contribution in [0.5, 0.6) is 0 Å². The van der Waals surface area contributed by atoms with Crippen molar-refractivity contribution in [2.24, 2.45) is 0 Å². The zero-order chi connectivity index (χ0) is 21.8. The standard InChI is InChI=1S/C30H24N2/c1-2-22-10-8-13-24(18-22)27-20-29(32-30(21-27)28-16-6-7-17-31-28)26-15-9-14-25(19-26)23-11-4-3-5-12-23/h3-21H,2H2,1H3. The van der Waals surface area contributed by atoms with E-state index < -0.39 is 0 Å². The van der Waals surface area contributed by atoms with Crippen molar-refractivity contribution in [3.63, 3.8) is 0 Å². The van der Waals surface area contributed by atoms with E-state index in [1.54, 1.807) is 0 Å². The Hall–Kier alpha value is -4.04. The first-order chi connectivity index (χ1) is 15.8. The molecule has 0 saturated carbocycles. The van der Waals surface area contributed by atoms with Crippen LogP contribution in [0.4, 0.5) is 0 Å². The van der Waals surface area contributed by atoms with E-state index in [4.69, 9.17) is 4.98 Å². The van der Waals surface area contributed by atoms with E-state index in [1.165, 1.54) is 22.3 Å². The fourth-order valence-electron chi connectivity index (χ4n) is 3.95. The van der Waals surface area contributed by atoms with Gasteiger partial charge in [-0.1, -0.05) is 85.8 Å². The van der Waals surface area contributed by atoms with Crippen LogP contribution in [0.1, 0.15) is 12.5 Å². The van der Waals surface area contributed by atoms with Crippen molar-refractivity contribution in [3.05, 3.63) is 121 Å². The smallest absolute Gasteiger partial charge is 0.0899 e. The molecule has 0 unspecified atom stereocenters. The van der Waals surface area contributed by atoms with Crippen LogP contribution in [-0.4, -0.2) is 9.97 Å². The number of hydrogen-bond donors (Lipinski definition) is 0. The van der Waals surface area contributed by atoms with Crippen molar-refractivity contribution >= 4 is 0 Å². The molecule has 0 spiro atoms. The minimum Gasteiger partial charge on any atom is -0.255 e. The van der Waals surface area contributed by atoms with Gasteiger partial charge in [0.15, 0.2) is 0 Å². The summed E-state index contributed by atoms with van der Waals surface area (Å²) in [5.41, 5.74) is 9.85. The van der Waals surface area contributed by atoms with Crippen molar-refractivity contribution in [1.82, 2.24) is 9.97 Å². The topological polar surface area (TPSA) is 25.8 Å². The Morgan fingerprint density at radius 2 is 1.19 bits per heavy atom. The highest BCUT2D eigenvalue weighted by Gasteiger charge is 2.11. The lowest BCUT2D eigenvalue weighted by Crippen LogP contribution is -1.93. The quantitative estimate of drug-likeness (QED) is 0.295. The van der Waals surface area contributed by atoms with Gasteiger partial charge in [0.2, 0.25) is 0 Å². The maximum absolute atomic E-state index is 5.01. The van der Waals surface area contributed by atoms with Gasteiger partial charge in [0, 0.05) is 11.8 Å². The molecule has 0 aliphatic rings. The molecule has 0 fully saturated rings. The third-order valence-corrected chi connectivity index (χ3v) is 5.69. The van der Waals surface area contributed by atoms with Crippen molar-refractivity contribution < 1.29 is 0 Å². The molecule has 0 bridgehead atoms. The zero-order valence-electron chi connectivity index (χ0n) is 18.1. The molecule has 2 heterocycles. The second-order valence-electron chi connectivity index (χ2n) is 7.84. The second kappa shape index (κ2) is 8.99. The summed E-state index contributed by atoms with van der Waals surface area (Å²) >= 11 is 0. The summed E-state index contributed by atoms with van der Waals surface area (Å²) in [5.74, 6) is 0. The third-order valence-electron chi connectivity index (χ3n) is 5.69. The molecule has 2 aromatic heterocycles. The van der Waals surface area contributed by atoms with Gasteiger partial charge in [0.25, 0.3) is 0 Å². The molecule has 0 saturated heterocycles. The van der Waals surface area contributed by atoms with Gasteiger partial charge in [-0.25, -0.2) is 4.98 Å². The van der Waals surface area contributed by atoms with Gasteiger partial charge >= 0.3 is 0 Å². The number of aryl methyl sites for hydroxylation is 1. The van der Waals surface area contributed by atoms with Crippen LogP contribution in [0.3, 0.4) is 0 Å². The Bertz CT molecular complexity index is 1340. The minimum atomic E-state index is 0.876. The van der Waals surface area contributed by atoms with E-state index in [0.29, 0.717) is 0 Å². The van der Waals surface area contributed by atoms with Crippen LogP contribution < -0.4 is 0 Å². The maximum atomic E-state index is 5.01. The molecule has 0 atom stereocenters. The molecule has 0 aliphatic heterocycles. The summed E-state index contributed by atoms with van der Waals surface area (Å²) in [5, 5.41) is 0. The fraction of sp³-hybridized carbons (Fsp3) is 0.0667. The molecule has 3 aromatic carbocycles. The molecular formula is C30H24N2. The first-order valence-corrected chi connectivity index (χ1v) is 11.0. The predicted octanol–water partition coefficient (Wildman–Crippen LogP) is 7.71. The van der Waals surface area contributed by atoms with Crippen LogP contribution in [-0.2, 0) is 6.42 Å². The van der Waals surface area contributed by atoms with Gasteiger partial charge in [0.1, 0.15) is 0 Å². The van der Waals surface area contributed by atoms with E-state index in [1.807, 2.05) is 30.5 Å². The van der Waals surface area contributed by atoms with E-state index in [9.17, 15) is 0 Å². The van der Waals surface area contributed by atoms with Crippen LogP contribution in [0.15, 0.2) is 115 Å². The van der Waals surface area contributed by atoms with Crippen molar-refractivity contribution in [2.45, 2.75) is 13.3 Å². The van der Waals surface area contributed by atoms with Crippen LogP contribution in [0.25, 0.3) is 44.9 Å². The molecule has 5 aromatic rings. The Kier molecular flexibility index (Phi) is 5.59. The number of pyridine rings is 2. The number of hydrogen-bond acceptors (Lipinski definition) is 2. The van der Waals surface area contributed by atoms with Crippen LogP contribution >= 0.6 is 0 Å². The SMILES string of the molecule is CCc1cccc(-c2cc(-c3cccc(-c4ccccc4)c3)nc(-c3ccccn3)c2)c1. The first kappa shape index (κ1) is 19.9. The molecule has 2 nitrogen and oxygen atoms in total. The number of nitrogens with zero attached hydrogens (tertiary/aromatic N) is 2. The fourth-order valence-corrected chi connectivity index (χ4v) is 3.95. The summed E-state index contributed by atoms with van der Waals surface area (Å²) < 4.78 is 0. The molecular weight excluding hydrogens is 388 g/mol. The highest BCUT2D eigenvalue weighted by Crippen LogP contribution is 2.32. The lowest BCUT2D eigenvalue weighted by atomic mass is 9.97. The average Bonchev–Trinajstić information content (AvgIpc) is 2.89. The number of aromatic nitrogens is 2. The molecule has 154 valence electrons. The monoisotopic (exact) mass is 412 g/mol. The summed E-state index contributed by atoms with van der Waals surface area (Å²) in [7, 11) is 0. The van der Waals surface area contributed by atoms with E-state index in [-0.39, 0.29) is 0 Å². The Balaban J connectivity index is 1.67. The Morgan fingerprint density at radius 1 is 0.500 bits per heavy atom. The lowest BCUT2D eigenvalue weighted by Gasteiger charge is -2.11. The highest BCUT2D eigenvalue weighted by molar-refractivity contribution is 5.78. The first-order valence-electron chi connectivity index (χ1n) is 11.0. The van der Waals surface area contributed by atoms with Crippen LogP contribution in [0.2, 0.25) is 0 Å². The summed E-state index contributed by atoms with van der Waals surface area (Å²) in [6, 6.07) is 38.1. The van der Waals surface area contributed by atoms with Crippen molar-refractivity contribution in [3.8, 4) is 44.9 Å². The largest absolute Gasteiger partial charge is 0.255 e.